The van der Waals surface area contributed by atoms with E-state index < -0.39 is 17.2 Å². The highest BCUT2D eigenvalue weighted by molar-refractivity contribution is 5.95. The molecule has 4 rings (SSSR count). The second-order valence-corrected chi connectivity index (χ2v) is 6.94. The number of hydrogen-bond acceptors (Lipinski definition) is 5. The van der Waals surface area contributed by atoms with E-state index in [0.29, 0.717) is 33.7 Å². The fraction of sp³-hybridized carbons (Fsp3) is 0.125. The number of carbonyl (C=O) groups excluding carboxylic acids is 1. The number of amides is 1. The highest BCUT2D eigenvalue weighted by Crippen LogP contribution is 2.24. The Balaban J connectivity index is 1.71. The highest BCUT2D eigenvalue weighted by atomic mass is 19.1. The first kappa shape index (κ1) is 21.0. The van der Waals surface area contributed by atoms with Crippen LogP contribution in [0.2, 0.25) is 0 Å². The van der Waals surface area contributed by atoms with E-state index in [-0.39, 0.29) is 12.2 Å². The van der Waals surface area contributed by atoms with Crippen molar-refractivity contribution in [2.24, 2.45) is 0 Å². The van der Waals surface area contributed by atoms with Gasteiger partial charge in [-0.3, -0.25) is 9.59 Å². The molecule has 0 saturated heterocycles. The van der Waals surface area contributed by atoms with Gasteiger partial charge in [0, 0.05) is 18.2 Å². The zero-order valence-corrected chi connectivity index (χ0v) is 17.5. The van der Waals surface area contributed by atoms with E-state index in [4.69, 9.17) is 9.47 Å². The van der Waals surface area contributed by atoms with Gasteiger partial charge in [-0.15, -0.1) is 0 Å². The molecule has 8 heteroatoms. The van der Waals surface area contributed by atoms with Crippen molar-refractivity contribution >= 4 is 16.8 Å². The number of rotatable bonds is 6. The first-order valence-electron chi connectivity index (χ1n) is 9.79. The van der Waals surface area contributed by atoms with Crippen LogP contribution in [0.5, 0.6) is 11.5 Å². The standard InChI is InChI=1S/C24H20FN3O4/c1-31-18-12-7-15(21(13-18)32-2)14-26-24(30)22-23(29)19-5-3-4-6-20(19)28(27-22)17-10-8-16(25)9-11-17/h3-13H,14H2,1-2H3,(H,26,30). The fourth-order valence-corrected chi connectivity index (χ4v) is 3.36. The van der Waals surface area contributed by atoms with Gasteiger partial charge in [-0.2, -0.15) is 5.10 Å². The number of para-hydroxylation sites is 1. The lowest BCUT2D eigenvalue weighted by atomic mass is 10.1. The Bertz CT molecular complexity index is 1350. The van der Waals surface area contributed by atoms with Gasteiger partial charge in [0.15, 0.2) is 5.69 Å². The molecular formula is C24H20FN3O4. The molecule has 0 spiro atoms. The number of fused-ring (bicyclic) bond motifs is 1. The molecule has 0 aliphatic carbocycles. The first-order chi connectivity index (χ1) is 15.5. The molecule has 162 valence electrons. The summed E-state index contributed by atoms with van der Waals surface area (Å²) in [7, 11) is 3.07. The normalized spacial score (nSPS) is 10.7. The predicted octanol–water partition coefficient (Wildman–Crippen LogP) is 3.47. The van der Waals surface area contributed by atoms with Crippen LogP contribution in [-0.2, 0) is 6.54 Å². The summed E-state index contributed by atoms with van der Waals surface area (Å²) in [5.74, 6) is 0.134. The Kier molecular flexibility index (Phi) is 5.85. The summed E-state index contributed by atoms with van der Waals surface area (Å²) >= 11 is 0. The molecule has 0 aliphatic rings. The van der Waals surface area contributed by atoms with Crippen LogP contribution in [0.3, 0.4) is 0 Å². The van der Waals surface area contributed by atoms with Crippen LogP contribution >= 0.6 is 0 Å². The van der Waals surface area contributed by atoms with Crippen LogP contribution in [0, 0.1) is 5.82 Å². The molecular weight excluding hydrogens is 413 g/mol. The van der Waals surface area contributed by atoms with Gasteiger partial charge in [0.1, 0.15) is 17.3 Å². The quantitative estimate of drug-likeness (QED) is 0.504. The average molecular weight is 433 g/mol. The first-order valence-corrected chi connectivity index (χ1v) is 9.79. The fourth-order valence-electron chi connectivity index (χ4n) is 3.36. The SMILES string of the molecule is COc1ccc(CNC(=O)c2nn(-c3ccc(F)cc3)c3ccccc3c2=O)c(OC)c1. The van der Waals surface area contributed by atoms with E-state index >= 15 is 0 Å². The van der Waals surface area contributed by atoms with Crippen molar-refractivity contribution in [1.29, 1.82) is 0 Å². The van der Waals surface area contributed by atoms with E-state index in [1.54, 1.807) is 49.6 Å². The summed E-state index contributed by atoms with van der Waals surface area (Å²) in [5.41, 5.74) is 0.992. The summed E-state index contributed by atoms with van der Waals surface area (Å²) in [6, 6.07) is 17.7. The molecule has 1 aromatic heterocycles. The molecule has 0 atom stereocenters. The summed E-state index contributed by atoms with van der Waals surface area (Å²) < 4.78 is 25.4. The minimum absolute atomic E-state index is 0.122. The Morgan fingerprint density at radius 1 is 1.03 bits per heavy atom. The Morgan fingerprint density at radius 3 is 2.50 bits per heavy atom. The maximum atomic E-state index is 13.4. The number of benzene rings is 3. The Labute approximate surface area is 183 Å². The largest absolute Gasteiger partial charge is 0.497 e. The summed E-state index contributed by atoms with van der Waals surface area (Å²) in [5, 5.41) is 7.36. The number of nitrogens with zero attached hydrogens (tertiary/aromatic N) is 2. The van der Waals surface area contributed by atoms with Gasteiger partial charge < -0.3 is 14.8 Å². The van der Waals surface area contributed by atoms with Crippen molar-refractivity contribution < 1.29 is 18.7 Å². The minimum Gasteiger partial charge on any atom is -0.497 e. The second kappa shape index (κ2) is 8.89. The smallest absolute Gasteiger partial charge is 0.276 e. The molecule has 0 bridgehead atoms. The lowest BCUT2D eigenvalue weighted by molar-refractivity contribution is 0.0943. The number of nitrogens with one attached hydrogen (secondary N) is 1. The van der Waals surface area contributed by atoms with Gasteiger partial charge in [-0.25, -0.2) is 9.07 Å². The molecule has 7 nitrogen and oxygen atoms in total. The van der Waals surface area contributed by atoms with Crippen LogP contribution in [0.1, 0.15) is 16.1 Å². The number of hydrogen-bond donors (Lipinski definition) is 1. The van der Waals surface area contributed by atoms with Crippen LogP contribution in [0.15, 0.2) is 71.5 Å². The molecule has 32 heavy (non-hydrogen) atoms. The summed E-state index contributed by atoms with van der Waals surface area (Å²) in [4.78, 5) is 25.9. The Hall–Kier alpha value is -4.20. The van der Waals surface area contributed by atoms with Crippen LogP contribution in [0.4, 0.5) is 4.39 Å². The molecule has 1 heterocycles. The van der Waals surface area contributed by atoms with Gasteiger partial charge in [-0.1, -0.05) is 12.1 Å². The van der Waals surface area contributed by atoms with Gasteiger partial charge >= 0.3 is 0 Å². The van der Waals surface area contributed by atoms with Crippen molar-refractivity contribution in [3.8, 4) is 17.2 Å². The van der Waals surface area contributed by atoms with Crippen molar-refractivity contribution in [2.45, 2.75) is 6.54 Å². The average Bonchev–Trinajstić information content (AvgIpc) is 2.83. The van der Waals surface area contributed by atoms with Crippen molar-refractivity contribution in [1.82, 2.24) is 15.1 Å². The molecule has 0 unspecified atom stereocenters. The molecule has 0 radical (unpaired) electrons. The third kappa shape index (κ3) is 4.02. The zero-order chi connectivity index (χ0) is 22.7. The zero-order valence-electron chi connectivity index (χ0n) is 17.5. The van der Waals surface area contributed by atoms with E-state index in [2.05, 4.69) is 10.4 Å². The molecule has 4 aromatic rings. The number of carbonyl (C=O) groups is 1. The molecule has 0 fully saturated rings. The molecule has 0 saturated carbocycles. The molecule has 3 aromatic carbocycles. The molecule has 1 amide bonds. The number of ether oxygens (including phenoxy) is 2. The predicted molar refractivity (Wildman–Crippen MR) is 118 cm³/mol. The summed E-state index contributed by atoms with van der Waals surface area (Å²) in [6.07, 6.45) is 0. The number of methoxy groups -OCH3 is 2. The monoisotopic (exact) mass is 433 g/mol. The number of aromatic nitrogens is 2. The van der Waals surface area contributed by atoms with Crippen molar-refractivity contribution in [3.63, 3.8) is 0 Å². The van der Waals surface area contributed by atoms with Gasteiger partial charge in [0.2, 0.25) is 5.43 Å². The maximum Gasteiger partial charge on any atom is 0.276 e. The molecule has 0 aliphatic heterocycles. The van der Waals surface area contributed by atoms with Gasteiger partial charge in [0.05, 0.1) is 30.8 Å². The topological polar surface area (TPSA) is 82.5 Å². The van der Waals surface area contributed by atoms with E-state index in [1.807, 2.05) is 0 Å². The minimum atomic E-state index is -0.630. The molecule has 1 N–H and O–H groups in total. The lowest BCUT2D eigenvalue weighted by Crippen LogP contribution is -2.31. The third-order valence-corrected chi connectivity index (χ3v) is 5.01. The highest BCUT2D eigenvalue weighted by Gasteiger charge is 2.18. The van der Waals surface area contributed by atoms with E-state index in [9.17, 15) is 14.0 Å². The van der Waals surface area contributed by atoms with Crippen LogP contribution in [-0.4, -0.2) is 29.9 Å². The van der Waals surface area contributed by atoms with Crippen LogP contribution < -0.4 is 20.2 Å². The number of halogens is 1. The van der Waals surface area contributed by atoms with Gasteiger partial charge in [0.25, 0.3) is 5.91 Å². The van der Waals surface area contributed by atoms with Gasteiger partial charge in [-0.05, 0) is 48.5 Å². The van der Waals surface area contributed by atoms with E-state index in [0.717, 1.165) is 0 Å². The second-order valence-electron chi connectivity index (χ2n) is 6.94. The summed E-state index contributed by atoms with van der Waals surface area (Å²) in [6.45, 7) is 0.122. The van der Waals surface area contributed by atoms with Crippen LogP contribution in [0.25, 0.3) is 16.6 Å². The third-order valence-electron chi connectivity index (χ3n) is 5.01. The lowest BCUT2D eigenvalue weighted by Gasteiger charge is -2.13. The van der Waals surface area contributed by atoms with Crippen molar-refractivity contribution in [2.75, 3.05) is 14.2 Å². The maximum absolute atomic E-state index is 13.4. The Morgan fingerprint density at radius 2 is 1.78 bits per heavy atom. The van der Waals surface area contributed by atoms with Crippen molar-refractivity contribution in [3.05, 3.63) is 94.0 Å². The van der Waals surface area contributed by atoms with E-state index in [1.165, 1.54) is 36.1 Å².